The van der Waals surface area contributed by atoms with E-state index in [0.717, 1.165) is 25.5 Å². The average molecular weight is 351 g/mol. The van der Waals surface area contributed by atoms with Gasteiger partial charge in [0.25, 0.3) is 5.91 Å². The van der Waals surface area contributed by atoms with Crippen LogP contribution in [0.25, 0.3) is 0 Å². The monoisotopic (exact) mass is 350 g/mol. The van der Waals surface area contributed by atoms with Crippen LogP contribution in [0.2, 0.25) is 0 Å². The number of nitrogens with two attached hydrogens (primary N) is 1. The Bertz CT molecular complexity index is 517. The van der Waals surface area contributed by atoms with Crippen molar-refractivity contribution in [3.8, 4) is 0 Å². The van der Waals surface area contributed by atoms with Gasteiger partial charge in [-0.15, -0.1) is 24.8 Å². The molecule has 0 bridgehead atoms. The lowest BCUT2D eigenvalue weighted by atomic mass is 10.2. The highest BCUT2D eigenvalue weighted by Crippen LogP contribution is 2.08. The van der Waals surface area contributed by atoms with Gasteiger partial charge in [-0.25, -0.2) is 0 Å². The Morgan fingerprint density at radius 3 is 2.77 bits per heavy atom. The zero-order valence-corrected chi connectivity index (χ0v) is 14.4. The van der Waals surface area contributed by atoms with E-state index in [1.165, 1.54) is 0 Å². The zero-order valence-electron chi connectivity index (χ0n) is 12.8. The number of anilines is 1. The maximum atomic E-state index is 12.1. The first-order valence-corrected chi connectivity index (χ1v) is 6.85. The highest BCUT2D eigenvalue weighted by atomic mass is 35.5. The smallest absolute Gasteiger partial charge is 0.268 e. The molecule has 9 heteroatoms. The second kappa shape index (κ2) is 9.42. The number of aryl methyl sites for hydroxylation is 1. The highest BCUT2D eigenvalue weighted by Gasteiger charge is 2.15. The summed E-state index contributed by atoms with van der Waals surface area (Å²) >= 11 is 0. The molecule has 0 saturated heterocycles. The minimum Gasteiger partial charge on any atom is -0.397 e. The molecule has 1 aliphatic heterocycles. The number of rotatable bonds is 5. The first-order chi connectivity index (χ1) is 9.60. The van der Waals surface area contributed by atoms with Crippen LogP contribution in [-0.2, 0) is 7.05 Å². The molecule has 1 amide bonds. The molecule has 5 N–H and O–H groups in total. The Morgan fingerprint density at radius 1 is 1.55 bits per heavy atom. The Hall–Kier alpha value is -1.60. The van der Waals surface area contributed by atoms with Gasteiger partial charge in [0, 0.05) is 32.4 Å². The van der Waals surface area contributed by atoms with Crippen LogP contribution in [0.3, 0.4) is 0 Å². The first-order valence-electron chi connectivity index (χ1n) is 6.85. The van der Waals surface area contributed by atoms with Gasteiger partial charge in [-0.05, 0) is 12.5 Å². The number of amides is 1. The minimum atomic E-state index is -0.120. The van der Waals surface area contributed by atoms with Gasteiger partial charge >= 0.3 is 0 Å². The fourth-order valence-corrected chi connectivity index (χ4v) is 2.11. The van der Waals surface area contributed by atoms with Crippen LogP contribution in [0, 0.1) is 0 Å². The van der Waals surface area contributed by atoms with Gasteiger partial charge in [0.15, 0.2) is 5.96 Å². The molecular weight excluding hydrogens is 327 g/mol. The number of hydrogen-bond donors (Lipinski definition) is 4. The molecule has 1 atom stereocenters. The zero-order chi connectivity index (χ0) is 14.5. The van der Waals surface area contributed by atoms with E-state index in [-0.39, 0.29) is 36.8 Å². The van der Waals surface area contributed by atoms with Gasteiger partial charge in [-0.2, -0.15) is 0 Å². The van der Waals surface area contributed by atoms with Crippen molar-refractivity contribution in [1.29, 1.82) is 0 Å². The molecule has 0 aliphatic carbocycles. The lowest BCUT2D eigenvalue weighted by molar-refractivity contribution is 0.0942. The maximum absolute atomic E-state index is 12.1. The van der Waals surface area contributed by atoms with Crippen LogP contribution in [-0.4, -0.2) is 42.1 Å². The molecule has 0 radical (unpaired) electrons. The minimum absolute atomic E-state index is 0. The Labute approximate surface area is 142 Å². The number of hydrogen-bond acceptors (Lipinski definition) is 5. The van der Waals surface area contributed by atoms with Crippen LogP contribution < -0.4 is 21.7 Å². The van der Waals surface area contributed by atoms with Gasteiger partial charge in [-0.3, -0.25) is 9.79 Å². The molecule has 1 aromatic heterocycles. The normalized spacial score (nSPS) is 14.0. The fraction of sp³-hybridized carbons (Fsp3) is 0.538. The number of carbonyl (C=O) groups excluding carboxylic acids is 1. The topological polar surface area (TPSA) is 96.5 Å². The van der Waals surface area contributed by atoms with E-state index in [1.54, 1.807) is 23.9 Å². The molecule has 1 unspecified atom stereocenters. The van der Waals surface area contributed by atoms with Gasteiger partial charge in [0.1, 0.15) is 5.69 Å². The van der Waals surface area contributed by atoms with Crippen LogP contribution in [0.1, 0.15) is 23.8 Å². The molecule has 1 aliphatic rings. The first kappa shape index (κ1) is 20.4. The Kier molecular flexibility index (Phi) is 8.74. The third-order valence-electron chi connectivity index (χ3n) is 3.28. The molecule has 7 nitrogen and oxygen atoms in total. The van der Waals surface area contributed by atoms with Crippen molar-refractivity contribution in [2.45, 2.75) is 19.4 Å². The lowest BCUT2D eigenvalue weighted by Gasteiger charge is -2.18. The van der Waals surface area contributed by atoms with Crippen molar-refractivity contribution >= 4 is 42.4 Å². The summed E-state index contributed by atoms with van der Waals surface area (Å²) in [4.78, 5) is 16.4. The molecule has 1 aromatic rings. The SMILES string of the molecule is CCC(CNC(=O)c1cc(N)cn1C)NC1=NCCN1.Cl.Cl. The number of nitrogens with one attached hydrogen (secondary N) is 3. The van der Waals surface area contributed by atoms with Crippen molar-refractivity contribution in [3.63, 3.8) is 0 Å². The van der Waals surface area contributed by atoms with Crippen molar-refractivity contribution in [2.75, 3.05) is 25.4 Å². The van der Waals surface area contributed by atoms with E-state index in [9.17, 15) is 4.79 Å². The summed E-state index contributed by atoms with van der Waals surface area (Å²) in [5.74, 6) is 0.694. The Morgan fingerprint density at radius 2 is 2.27 bits per heavy atom. The van der Waals surface area contributed by atoms with Crippen molar-refractivity contribution in [3.05, 3.63) is 18.0 Å². The van der Waals surface area contributed by atoms with Crippen LogP contribution in [0.5, 0.6) is 0 Å². The van der Waals surface area contributed by atoms with Gasteiger partial charge in [0.2, 0.25) is 0 Å². The fourth-order valence-electron chi connectivity index (χ4n) is 2.11. The largest absolute Gasteiger partial charge is 0.397 e. The van der Waals surface area contributed by atoms with E-state index in [0.29, 0.717) is 17.9 Å². The molecule has 0 spiro atoms. The summed E-state index contributed by atoms with van der Waals surface area (Å²) in [6, 6.07) is 1.83. The van der Waals surface area contributed by atoms with Crippen LogP contribution >= 0.6 is 24.8 Å². The molecule has 0 aromatic carbocycles. The van der Waals surface area contributed by atoms with E-state index in [1.807, 2.05) is 0 Å². The number of nitrogens with zero attached hydrogens (tertiary/aromatic N) is 2. The van der Waals surface area contributed by atoms with Gasteiger partial charge < -0.3 is 26.3 Å². The number of halogens is 2. The molecule has 2 rings (SSSR count). The summed E-state index contributed by atoms with van der Waals surface area (Å²) in [7, 11) is 1.80. The van der Waals surface area contributed by atoms with E-state index >= 15 is 0 Å². The van der Waals surface area contributed by atoms with E-state index in [2.05, 4.69) is 27.9 Å². The van der Waals surface area contributed by atoms with Crippen LogP contribution in [0.4, 0.5) is 5.69 Å². The number of carbonyl (C=O) groups is 1. The maximum Gasteiger partial charge on any atom is 0.268 e. The molecule has 22 heavy (non-hydrogen) atoms. The summed E-state index contributed by atoms with van der Waals surface area (Å²) in [6.07, 6.45) is 2.62. The predicted octanol–water partition coefficient (Wildman–Crippen LogP) is 0.508. The molecule has 0 fully saturated rings. The summed E-state index contributed by atoms with van der Waals surface area (Å²) < 4.78 is 1.72. The summed E-state index contributed by atoms with van der Waals surface area (Å²) in [6.45, 7) is 4.28. The molecular formula is C13H24Cl2N6O. The van der Waals surface area contributed by atoms with Gasteiger partial charge in [-0.1, -0.05) is 6.92 Å². The van der Waals surface area contributed by atoms with Crippen molar-refractivity contribution in [1.82, 2.24) is 20.5 Å². The average Bonchev–Trinajstić information content (AvgIpc) is 3.03. The van der Waals surface area contributed by atoms with E-state index in [4.69, 9.17) is 5.73 Å². The Balaban J connectivity index is 0.00000220. The number of guanidine groups is 1. The highest BCUT2D eigenvalue weighted by molar-refractivity contribution is 5.93. The van der Waals surface area contributed by atoms with Gasteiger partial charge in [0.05, 0.1) is 12.2 Å². The van der Waals surface area contributed by atoms with E-state index < -0.39 is 0 Å². The number of nitrogen functional groups attached to an aromatic ring is 1. The number of aromatic nitrogens is 1. The number of aliphatic imine (C=N–C) groups is 1. The van der Waals surface area contributed by atoms with Crippen LogP contribution in [0.15, 0.2) is 17.3 Å². The third-order valence-corrected chi connectivity index (χ3v) is 3.28. The second-order valence-electron chi connectivity index (χ2n) is 4.89. The van der Waals surface area contributed by atoms with Crippen molar-refractivity contribution < 1.29 is 4.79 Å². The molecule has 126 valence electrons. The third kappa shape index (κ3) is 5.31. The quantitative estimate of drug-likeness (QED) is 0.621. The molecule has 2 heterocycles. The molecule has 0 saturated carbocycles. The standard InChI is InChI=1S/C13H22N6O.2ClH/c1-3-10(18-13-15-4-5-16-13)7-17-12(20)11-6-9(14)8-19(11)2;;/h6,8,10H,3-5,7,14H2,1-2H3,(H,17,20)(H2,15,16,18);2*1H. The lowest BCUT2D eigenvalue weighted by Crippen LogP contribution is -2.46. The summed E-state index contributed by atoms with van der Waals surface area (Å²) in [5, 5.41) is 9.36. The van der Waals surface area contributed by atoms with Crippen molar-refractivity contribution in [2.24, 2.45) is 12.0 Å². The second-order valence-corrected chi connectivity index (χ2v) is 4.89. The predicted molar refractivity (Wildman–Crippen MR) is 94.2 cm³/mol. The summed E-state index contributed by atoms with van der Waals surface area (Å²) in [5.41, 5.74) is 6.82.